The maximum atomic E-state index is 12.9. The van der Waals surface area contributed by atoms with Gasteiger partial charge in [0.25, 0.3) is 10.0 Å². The van der Waals surface area contributed by atoms with Crippen LogP contribution in [0.25, 0.3) is 0 Å². The first kappa shape index (κ1) is 18.9. The first-order valence-corrected chi connectivity index (χ1v) is 10.7. The molecule has 3 rings (SSSR count). The van der Waals surface area contributed by atoms with Gasteiger partial charge in [0.1, 0.15) is 4.90 Å². The highest BCUT2D eigenvalue weighted by Crippen LogP contribution is 2.36. The lowest BCUT2D eigenvalue weighted by atomic mass is 10.1. The summed E-state index contributed by atoms with van der Waals surface area (Å²) >= 11 is 3.38. The van der Waals surface area contributed by atoms with Crippen molar-refractivity contribution in [3.8, 4) is 0 Å². The van der Waals surface area contributed by atoms with Crippen LogP contribution in [0.1, 0.15) is 30.0 Å². The van der Waals surface area contributed by atoms with E-state index in [9.17, 15) is 13.2 Å². The predicted molar refractivity (Wildman–Crippen MR) is 107 cm³/mol. The highest BCUT2D eigenvalue weighted by Gasteiger charge is 2.28. The Kier molecular flexibility index (Phi) is 5.12. The first-order valence-electron chi connectivity index (χ1n) is 8.46. The van der Waals surface area contributed by atoms with Crippen molar-refractivity contribution in [2.75, 3.05) is 16.2 Å². The molecule has 0 aliphatic carbocycles. The average molecular weight is 437 g/mol. The Balaban J connectivity index is 2.00. The highest BCUT2D eigenvalue weighted by atomic mass is 79.9. The molecule has 2 aromatic rings. The van der Waals surface area contributed by atoms with E-state index in [2.05, 4.69) is 20.7 Å². The smallest absolute Gasteiger partial charge is 0.263 e. The zero-order chi connectivity index (χ0) is 19.1. The third-order valence-electron chi connectivity index (χ3n) is 4.68. The number of sulfonamides is 1. The summed E-state index contributed by atoms with van der Waals surface area (Å²) < 4.78 is 29.0. The zero-order valence-corrected chi connectivity index (χ0v) is 17.4. The average Bonchev–Trinajstić information content (AvgIpc) is 2.99. The van der Waals surface area contributed by atoms with Crippen molar-refractivity contribution in [2.24, 2.45) is 0 Å². The molecule has 0 spiro atoms. The molecule has 2 aromatic carbocycles. The first-order chi connectivity index (χ1) is 12.2. The van der Waals surface area contributed by atoms with Gasteiger partial charge in [0.15, 0.2) is 0 Å². The molecule has 1 N–H and O–H groups in total. The van der Waals surface area contributed by atoms with E-state index in [0.29, 0.717) is 28.8 Å². The molecule has 0 unspecified atom stereocenters. The number of anilines is 2. The SMILES string of the molecule is CCC(=O)N1CCc2cc(Br)c(S(=O)(=O)Nc3ccc(C)c(C)c3)cc21. The summed E-state index contributed by atoms with van der Waals surface area (Å²) in [5, 5.41) is 0. The summed E-state index contributed by atoms with van der Waals surface area (Å²) in [6.07, 6.45) is 1.11. The van der Waals surface area contributed by atoms with Gasteiger partial charge in [-0.3, -0.25) is 9.52 Å². The van der Waals surface area contributed by atoms with Gasteiger partial charge in [0.05, 0.1) is 0 Å². The molecule has 5 nitrogen and oxygen atoms in total. The molecular formula is C19H21BrN2O3S. The van der Waals surface area contributed by atoms with Gasteiger partial charge in [-0.05, 0) is 77.2 Å². The summed E-state index contributed by atoms with van der Waals surface area (Å²) in [6.45, 7) is 6.30. The van der Waals surface area contributed by atoms with Gasteiger partial charge in [0, 0.05) is 28.8 Å². The molecular weight excluding hydrogens is 416 g/mol. The fourth-order valence-corrected chi connectivity index (χ4v) is 5.22. The molecule has 1 aliphatic rings. The van der Waals surface area contributed by atoms with Crippen LogP contribution in [0.2, 0.25) is 0 Å². The number of nitrogens with one attached hydrogen (secondary N) is 1. The zero-order valence-electron chi connectivity index (χ0n) is 15.0. The molecule has 1 aliphatic heterocycles. The van der Waals surface area contributed by atoms with Crippen molar-refractivity contribution in [3.05, 3.63) is 51.5 Å². The fraction of sp³-hybridized carbons (Fsp3) is 0.316. The summed E-state index contributed by atoms with van der Waals surface area (Å²) in [5.74, 6) is -0.00320. The van der Waals surface area contributed by atoms with Crippen LogP contribution >= 0.6 is 15.9 Å². The monoisotopic (exact) mass is 436 g/mol. The summed E-state index contributed by atoms with van der Waals surface area (Å²) in [7, 11) is -3.79. The summed E-state index contributed by atoms with van der Waals surface area (Å²) in [5.41, 5.74) is 4.28. The Bertz CT molecular complexity index is 987. The fourth-order valence-electron chi connectivity index (χ4n) is 3.06. The molecule has 1 heterocycles. The second-order valence-electron chi connectivity index (χ2n) is 6.46. The molecule has 0 radical (unpaired) electrons. The van der Waals surface area contributed by atoms with Crippen LogP contribution in [0.4, 0.5) is 11.4 Å². The van der Waals surface area contributed by atoms with Crippen LogP contribution in [0, 0.1) is 13.8 Å². The predicted octanol–water partition coefficient (Wildman–Crippen LogP) is 4.17. The van der Waals surface area contributed by atoms with E-state index in [-0.39, 0.29) is 10.8 Å². The number of halogens is 1. The number of rotatable bonds is 4. The normalized spacial score (nSPS) is 13.6. The number of aryl methyl sites for hydroxylation is 2. The van der Waals surface area contributed by atoms with Crippen LogP contribution in [0.3, 0.4) is 0 Å². The van der Waals surface area contributed by atoms with Crippen LogP contribution in [0.5, 0.6) is 0 Å². The van der Waals surface area contributed by atoms with Crippen LogP contribution < -0.4 is 9.62 Å². The van der Waals surface area contributed by atoms with Gasteiger partial charge in [-0.25, -0.2) is 8.42 Å². The van der Waals surface area contributed by atoms with Crippen molar-refractivity contribution in [1.29, 1.82) is 0 Å². The van der Waals surface area contributed by atoms with E-state index < -0.39 is 10.0 Å². The number of hydrogen-bond donors (Lipinski definition) is 1. The van der Waals surface area contributed by atoms with Crippen molar-refractivity contribution in [1.82, 2.24) is 0 Å². The van der Waals surface area contributed by atoms with E-state index in [1.807, 2.05) is 19.9 Å². The van der Waals surface area contributed by atoms with Crippen molar-refractivity contribution >= 4 is 43.2 Å². The molecule has 1 amide bonds. The van der Waals surface area contributed by atoms with Gasteiger partial charge < -0.3 is 4.90 Å². The van der Waals surface area contributed by atoms with Gasteiger partial charge in [-0.2, -0.15) is 0 Å². The lowest BCUT2D eigenvalue weighted by Crippen LogP contribution is -2.28. The second kappa shape index (κ2) is 7.04. The molecule has 0 bridgehead atoms. The van der Waals surface area contributed by atoms with Gasteiger partial charge in [-0.1, -0.05) is 13.0 Å². The lowest BCUT2D eigenvalue weighted by Gasteiger charge is -2.18. The standard InChI is InChI=1S/C19H21BrN2O3S/c1-4-19(23)22-8-7-14-10-16(20)18(11-17(14)22)26(24,25)21-15-6-5-12(2)13(3)9-15/h5-6,9-11,21H,4,7-8H2,1-3H3. The van der Waals surface area contributed by atoms with Gasteiger partial charge in [-0.15, -0.1) is 0 Å². The third-order valence-corrected chi connectivity index (χ3v) is 7.02. The topological polar surface area (TPSA) is 66.5 Å². The molecule has 0 fully saturated rings. The number of amides is 1. The Morgan fingerprint density at radius 2 is 1.92 bits per heavy atom. The van der Waals surface area contributed by atoms with Crippen LogP contribution in [0.15, 0.2) is 39.7 Å². The second-order valence-corrected chi connectivity index (χ2v) is 8.97. The summed E-state index contributed by atoms with van der Waals surface area (Å²) in [6, 6.07) is 8.82. The molecule has 0 aromatic heterocycles. The minimum absolute atomic E-state index is 0.00320. The molecule has 138 valence electrons. The quantitative estimate of drug-likeness (QED) is 0.781. The Morgan fingerprint density at radius 3 is 2.58 bits per heavy atom. The number of carbonyl (C=O) groups is 1. The van der Waals surface area contributed by atoms with Crippen molar-refractivity contribution in [2.45, 2.75) is 38.5 Å². The molecule has 26 heavy (non-hydrogen) atoms. The van der Waals surface area contributed by atoms with E-state index in [4.69, 9.17) is 0 Å². The minimum Gasteiger partial charge on any atom is -0.312 e. The third kappa shape index (κ3) is 3.50. The van der Waals surface area contributed by atoms with E-state index in [1.165, 1.54) is 0 Å². The Hall–Kier alpha value is -1.86. The van der Waals surface area contributed by atoms with E-state index in [0.717, 1.165) is 23.1 Å². The lowest BCUT2D eigenvalue weighted by molar-refractivity contribution is -0.118. The maximum absolute atomic E-state index is 12.9. The molecule has 0 saturated heterocycles. The van der Waals surface area contributed by atoms with Crippen molar-refractivity contribution < 1.29 is 13.2 Å². The Labute approximate surface area is 162 Å². The number of nitrogens with zero attached hydrogens (tertiary/aromatic N) is 1. The van der Waals surface area contributed by atoms with E-state index in [1.54, 1.807) is 36.1 Å². The number of benzene rings is 2. The maximum Gasteiger partial charge on any atom is 0.263 e. The number of fused-ring (bicyclic) bond motifs is 1. The van der Waals surface area contributed by atoms with Crippen LogP contribution in [-0.2, 0) is 21.2 Å². The largest absolute Gasteiger partial charge is 0.312 e. The highest BCUT2D eigenvalue weighted by molar-refractivity contribution is 9.10. The summed E-state index contributed by atoms with van der Waals surface area (Å²) in [4.78, 5) is 13.9. The van der Waals surface area contributed by atoms with Gasteiger partial charge >= 0.3 is 0 Å². The van der Waals surface area contributed by atoms with Crippen LogP contribution in [-0.4, -0.2) is 20.9 Å². The number of carbonyl (C=O) groups excluding carboxylic acids is 1. The Morgan fingerprint density at radius 1 is 1.19 bits per heavy atom. The molecule has 7 heteroatoms. The molecule has 0 saturated carbocycles. The van der Waals surface area contributed by atoms with E-state index >= 15 is 0 Å². The molecule has 0 atom stereocenters. The van der Waals surface area contributed by atoms with Crippen molar-refractivity contribution in [3.63, 3.8) is 0 Å². The number of hydrogen-bond acceptors (Lipinski definition) is 3. The van der Waals surface area contributed by atoms with Gasteiger partial charge in [0.2, 0.25) is 5.91 Å². The minimum atomic E-state index is -3.79.